The van der Waals surface area contributed by atoms with Crippen LogP contribution in [0.25, 0.3) is 0 Å². The number of amides is 1. The van der Waals surface area contributed by atoms with E-state index in [4.69, 9.17) is 16.3 Å². The van der Waals surface area contributed by atoms with E-state index in [1.807, 2.05) is 67.6 Å². The topological polar surface area (TPSA) is 81.1 Å². The van der Waals surface area contributed by atoms with Crippen LogP contribution in [0.4, 0.5) is 5.69 Å². The SMILES string of the molecule is Cc1ccc([C@@H]2Nn3c(COc4ccccc4)nnc3S[C@@H]2C(=O)Nc2cccc(Cl)c2)cc1. The number of halogens is 1. The first-order valence-corrected chi connectivity index (χ1v) is 12.0. The maximum absolute atomic E-state index is 13.4. The highest BCUT2D eigenvalue weighted by Gasteiger charge is 2.38. The monoisotopic (exact) mass is 491 g/mol. The second-order valence-corrected chi connectivity index (χ2v) is 9.44. The van der Waals surface area contributed by atoms with E-state index in [-0.39, 0.29) is 18.6 Å². The van der Waals surface area contributed by atoms with Crippen molar-refractivity contribution >= 4 is 35.0 Å². The van der Waals surface area contributed by atoms with Crippen LogP contribution >= 0.6 is 23.4 Å². The van der Waals surface area contributed by atoms with Crippen molar-refractivity contribution in [3.05, 3.63) is 101 Å². The van der Waals surface area contributed by atoms with Crippen LogP contribution in [-0.4, -0.2) is 26.0 Å². The van der Waals surface area contributed by atoms with E-state index >= 15 is 0 Å². The number of aryl methyl sites for hydroxylation is 1. The summed E-state index contributed by atoms with van der Waals surface area (Å²) in [6, 6.07) is 24.5. The predicted octanol–water partition coefficient (Wildman–Crippen LogP) is 5.22. The third-order valence-corrected chi connectivity index (χ3v) is 6.85. The fourth-order valence-corrected chi connectivity index (χ4v) is 4.95. The molecular weight excluding hydrogens is 470 g/mol. The van der Waals surface area contributed by atoms with Crippen LogP contribution in [0, 0.1) is 6.92 Å². The van der Waals surface area contributed by atoms with Crippen molar-refractivity contribution in [2.24, 2.45) is 0 Å². The predicted molar refractivity (Wildman–Crippen MR) is 134 cm³/mol. The molecule has 1 amide bonds. The minimum Gasteiger partial charge on any atom is -0.486 e. The summed E-state index contributed by atoms with van der Waals surface area (Å²) in [6.45, 7) is 2.28. The number of hydrogen-bond donors (Lipinski definition) is 2. The molecule has 2 N–H and O–H groups in total. The maximum atomic E-state index is 13.4. The molecule has 34 heavy (non-hydrogen) atoms. The fourth-order valence-electron chi connectivity index (χ4n) is 3.66. The van der Waals surface area contributed by atoms with Gasteiger partial charge in [0.15, 0.2) is 5.82 Å². The van der Waals surface area contributed by atoms with Gasteiger partial charge in [-0.3, -0.25) is 4.79 Å². The molecule has 0 saturated heterocycles. The van der Waals surface area contributed by atoms with Gasteiger partial charge in [-0.05, 0) is 42.8 Å². The molecule has 172 valence electrons. The average molecular weight is 492 g/mol. The summed E-state index contributed by atoms with van der Waals surface area (Å²) < 4.78 is 7.68. The van der Waals surface area contributed by atoms with Crippen molar-refractivity contribution in [2.45, 2.75) is 30.0 Å². The third kappa shape index (κ3) is 4.88. The van der Waals surface area contributed by atoms with Gasteiger partial charge in [-0.15, -0.1) is 10.2 Å². The highest BCUT2D eigenvalue weighted by Crippen LogP contribution is 2.38. The van der Waals surface area contributed by atoms with Crippen molar-refractivity contribution in [3.8, 4) is 5.75 Å². The number of nitrogens with one attached hydrogen (secondary N) is 2. The summed E-state index contributed by atoms with van der Waals surface area (Å²) in [5.74, 6) is 1.22. The molecule has 9 heteroatoms. The van der Waals surface area contributed by atoms with E-state index in [0.717, 1.165) is 16.9 Å². The molecule has 0 unspecified atom stereocenters. The molecule has 0 radical (unpaired) electrons. The number of rotatable bonds is 6. The minimum absolute atomic E-state index is 0.151. The van der Waals surface area contributed by atoms with Gasteiger partial charge in [-0.25, -0.2) is 4.68 Å². The number of para-hydroxylation sites is 1. The van der Waals surface area contributed by atoms with Gasteiger partial charge >= 0.3 is 0 Å². The van der Waals surface area contributed by atoms with Gasteiger partial charge in [0.05, 0.1) is 6.04 Å². The molecular formula is C25H22ClN5O2S. The largest absolute Gasteiger partial charge is 0.486 e. The van der Waals surface area contributed by atoms with Crippen LogP contribution in [0.2, 0.25) is 5.02 Å². The lowest BCUT2D eigenvalue weighted by Gasteiger charge is -2.33. The quantitative estimate of drug-likeness (QED) is 0.385. The van der Waals surface area contributed by atoms with Gasteiger partial charge in [0.1, 0.15) is 17.6 Å². The molecule has 1 aliphatic heterocycles. The number of aromatic nitrogens is 3. The van der Waals surface area contributed by atoms with Crippen LogP contribution in [0.15, 0.2) is 84.0 Å². The van der Waals surface area contributed by atoms with E-state index < -0.39 is 5.25 Å². The molecule has 2 heterocycles. The van der Waals surface area contributed by atoms with Gasteiger partial charge < -0.3 is 15.5 Å². The lowest BCUT2D eigenvalue weighted by molar-refractivity contribution is -0.116. The van der Waals surface area contributed by atoms with Gasteiger partial charge in [0.25, 0.3) is 0 Å². The molecule has 5 rings (SSSR count). The third-order valence-electron chi connectivity index (χ3n) is 5.40. The summed E-state index contributed by atoms with van der Waals surface area (Å²) in [4.78, 5) is 13.4. The number of carbonyl (C=O) groups excluding carboxylic acids is 1. The van der Waals surface area contributed by atoms with Crippen molar-refractivity contribution in [3.63, 3.8) is 0 Å². The van der Waals surface area contributed by atoms with Crippen LogP contribution in [0.5, 0.6) is 5.75 Å². The summed E-state index contributed by atoms with van der Waals surface area (Å²) in [5, 5.41) is 12.3. The first-order chi connectivity index (χ1) is 16.6. The summed E-state index contributed by atoms with van der Waals surface area (Å²) >= 11 is 7.46. The van der Waals surface area contributed by atoms with Crippen molar-refractivity contribution in [1.29, 1.82) is 0 Å². The second-order valence-electron chi connectivity index (χ2n) is 7.89. The Kier molecular flexibility index (Phi) is 6.42. The van der Waals surface area contributed by atoms with Gasteiger partial charge in [0, 0.05) is 10.7 Å². The molecule has 7 nitrogen and oxygen atoms in total. The van der Waals surface area contributed by atoms with E-state index in [0.29, 0.717) is 21.7 Å². The standard InChI is InChI=1S/C25H22ClN5O2S/c1-16-10-12-17(13-11-16)22-23(24(32)27-19-7-5-6-18(26)14-19)34-25-29-28-21(31(25)30-22)15-33-20-8-3-2-4-9-20/h2-14,22-23,30H,15H2,1H3,(H,27,32)/t22-,23-/m0/s1. The zero-order chi connectivity index (χ0) is 23.5. The molecule has 1 aromatic heterocycles. The van der Waals surface area contributed by atoms with Crippen molar-refractivity contribution in [2.75, 3.05) is 10.7 Å². The zero-order valence-corrected chi connectivity index (χ0v) is 19.9. The fraction of sp³-hybridized carbons (Fsp3) is 0.160. The van der Waals surface area contributed by atoms with E-state index in [9.17, 15) is 4.79 Å². The first kappa shape index (κ1) is 22.3. The summed E-state index contributed by atoms with van der Waals surface area (Å²) in [5.41, 5.74) is 6.23. The van der Waals surface area contributed by atoms with Crippen LogP contribution in [0.3, 0.4) is 0 Å². The van der Waals surface area contributed by atoms with Crippen molar-refractivity contribution < 1.29 is 9.53 Å². The molecule has 4 aromatic rings. The summed E-state index contributed by atoms with van der Waals surface area (Å²) in [6.07, 6.45) is 0. The Morgan fingerprint density at radius 3 is 2.65 bits per heavy atom. The normalized spacial score (nSPS) is 16.9. The number of thioether (sulfide) groups is 1. The number of hydrogen-bond acceptors (Lipinski definition) is 6. The molecule has 3 aromatic carbocycles. The molecule has 0 spiro atoms. The lowest BCUT2D eigenvalue weighted by atomic mass is 10.0. The number of carbonyl (C=O) groups is 1. The lowest BCUT2D eigenvalue weighted by Crippen LogP contribution is -2.41. The van der Waals surface area contributed by atoms with E-state index in [2.05, 4.69) is 20.9 Å². The number of anilines is 1. The molecule has 2 atom stereocenters. The van der Waals surface area contributed by atoms with Crippen LogP contribution in [0.1, 0.15) is 23.0 Å². The minimum atomic E-state index is -0.485. The van der Waals surface area contributed by atoms with Gasteiger partial charge in [0.2, 0.25) is 11.1 Å². The Morgan fingerprint density at radius 2 is 1.88 bits per heavy atom. The highest BCUT2D eigenvalue weighted by molar-refractivity contribution is 8.00. The summed E-state index contributed by atoms with van der Waals surface area (Å²) in [7, 11) is 0. The Morgan fingerprint density at radius 1 is 1.09 bits per heavy atom. The smallest absolute Gasteiger partial charge is 0.240 e. The first-order valence-electron chi connectivity index (χ1n) is 10.8. The molecule has 0 bridgehead atoms. The second kappa shape index (κ2) is 9.79. The molecule has 1 aliphatic rings. The average Bonchev–Trinajstić information content (AvgIpc) is 3.25. The Bertz CT molecular complexity index is 1300. The van der Waals surface area contributed by atoms with E-state index in [1.165, 1.54) is 11.8 Å². The van der Waals surface area contributed by atoms with Gasteiger partial charge in [-0.1, -0.05) is 77.5 Å². The maximum Gasteiger partial charge on any atom is 0.240 e. The Hall–Kier alpha value is -3.49. The molecule has 0 aliphatic carbocycles. The van der Waals surface area contributed by atoms with Gasteiger partial charge in [-0.2, -0.15) is 0 Å². The van der Waals surface area contributed by atoms with Crippen molar-refractivity contribution in [1.82, 2.24) is 14.9 Å². The Labute approximate surface area is 206 Å². The number of nitrogens with zero attached hydrogens (tertiary/aromatic N) is 3. The number of benzene rings is 3. The molecule has 0 saturated carbocycles. The van der Waals surface area contributed by atoms with Crippen LogP contribution in [-0.2, 0) is 11.4 Å². The Balaban J connectivity index is 1.42. The zero-order valence-electron chi connectivity index (χ0n) is 18.3. The highest BCUT2D eigenvalue weighted by atomic mass is 35.5. The number of ether oxygens (including phenoxy) is 1. The van der Waals surface area contributed by atoms with E-state index in [1.54, 1.807) is 22.9 Å². The number of fused-ring (bicyclic) bond motifs is 1. The molecule has 0 fully saturated rings. The van der Waals surface area contributed by atoms with Crippen LogP contribution < -0.4 is 15.5 Å².